The van der Waals surface area contributed by atoms with E-state index in [-0.39, 0.29) is 23.5 Å². The fraction of sp³-hybridized carbons (Fsp3) is 0.350. The highest BCUT2D eigenvalue weighted by atomic mass is 19.1. The van der Waals surface area contributed by atoms with Crippen molar-refractivity contribution in [1.82, 2.24) is 4.90 Å². The minimum absolute atomic E-state index is 0.0110. The molecule has 2 aliphatic heterocycles. The van der Waals surface area contributed by atoms with E-state index in [1.807, 2.05) is 4.90 Å². The molecule has 4 rings (SSSR count). The van der Waals surface area contributed by atoms with E-state index in [2.05, 4.69) is 0 Å². The van der Waals surface area contributed by atoms with Gasteiger partial charge in [-0.05, 0) is 37.4 Å². The summed E-state index contributed by atoms with van der Waals surface area (Å²) in [4.78, 5) is 27.5. The Balaban J connectivity index is 1.56. The number of likely N-dealkylation sites (tertiary alicyclic amines) is 1. The third-order valence-electron chi connectivity index (χ3n) is 5.42. The highest BCUT2D eigenvalue weighted by molar-refractivity contribution is 5.99. The largest absolute Gasteiger partial charge is 0.310 e. The summed E-state index contributed by atoms with van der Waals surface area (Å²) in [6, 6.07) is 11.0. The molecule has 0 aromatic heterocycles. The second-order valence-electron chi connectivity index (χ2n) is 7.03. The number of amides is 1. The molecule has 1 fully saturated rings. The molecule has 0 saturated carbocycles. The molecule has 0 aliphatic carbocycles. The summed E-state index contributed by atoms with van der Waals surface area (Å²) < 4.78 is 14.0. The summed E-state index contributed by atoms with van der Waals surface area (Å²) in [5, 5.41) is 11.1. The normalized spacial score (nSPS) is 19.3. The second-order valence-corrected chi connectivity index (χ2v) is 7.03. The zero-order chi connectivity index (χ0) is 19.0. The van der Waals surface area contributed by atoms with Crippen LogP contribution in [0.1, 0.15) is 24.0 Å². The van der Waals surface area contributed by atoms with E-state index in [1.165, 1.54) is 18.2 Å². The number of carbonyl (C=O) groups is 1. The first-order chi connectivity index (χ1) is 13.0. The van der Waals surface area contributed by atoms with Crippen LogP contribution in [-0.4, -0.2) is 34.9 Å². The van der Waals surface area contributed by atoms with Crippen molar-refractivity contribution >= 4 is 17.3 Å². The van der Waals surface area contributed by atoms with Crippen LogP contribution in [0.4, 0.5) is 15.8 Å². The van der Waals surface area contributed by atoms with Gasteiger partial charge in [0.15, 0.2) is 0 Å². The van der Waals surface area contributed by atoms with E-state index in [9.17, 15) is 19.3 Å². The van der Waals surface area contributed by atoms with Gasteiger partial charge in [-0.3, -0.25) is 19.8 Å². The lowest BCUT2D eigenvalue weighted by Gasteiger charge is -2.28. The zero-order valence-corrected chi connectivity index (χ0v) is 14.8. The van der Waals surface area contributed by atoms with Gasteiger partial charge in [0.25, 0.3) is 5.69 Å². The van der Waals surface area contributed by atoms with Crippen LogP contribution in [-0.2, 0) is 17.8 Å². The molecule has 2 heterocycles. The van der Waals surface area contributed by atoms with Crippen molar-refractivity contribution in [2.24, 2.45) is 0 Å². The van der Waals surface area contributed by atoms with Gasteiger partial charge in [0.1, 0.15) is 5.82 Å². The summed E-state index contributed by atoms with van der Waals surface area (Å²) in [6.07, 6.45) is 2.29. The van der Waals surface area contributed by atoms with Gasteiger partial charge in [0.2, 0.25) is 5.91 Å². The van der Waals surface area contributed by atoms with E-state index in [0.29, 0.717) is 37.2 Å². The van der Waals surface area contributed by atoms with Crippen LogP contribution in [0.25, 0.3) is 0 Å². The number of rotatable bonds is 4. The Hall–Kier alpha value is -2.80. The average molecular weight is 369 g/mol. The highest BCUT2D eigenvalue weighted by Crippen LogP contribution is 2.34. The van der Waals surface area contributed by atoms with Gasteiger partial charge in [-0.25, -0.2) is 4.39 Å². The number of halogens is 1. The summed E-state index contributed by atoms with van der Waals surface area (Å²) in [6.45, 7) is 1.65. The smallest absolute Gasteiger partial charge is 0.271 e. The number of non-ortho nitro benzene ring substituents is 1. The van der Waals surface area contributed by atoms with Gasteiger partial charge in [-0.1, -0.05) is 24.3 Å². The summed E-state index contributed by atoms with van der Waals surface area (Å²) in [5.41, 5.74) is 2.15. The van der Waals surface area contributed by atoms with E-state index in [4.69, 9.17) is 0 Å². The van der Waals surface area contributed by atoms with Gasteiger partial charge in [0.05, 0.1) is 16.7 Å². The van der Waals surface area contributed by atoms with Gasteiger partial charge in [-0.2, -0.15) is 0 Å². The molecule has 1 amide bonds. The lowest BCUT2D eigenvalue weighted by molar-refractivity contribution is -0.384. The van der Waals surface area contributed by atoms with Crippen molar-refractivity contribution < 1.29 is 14.1 Å². The molecule has 6 nitrogen and oxygen atoms in total. The molecule has 2 aromatic rings. The van der Waals surface area contributed by atoms with Crippen molar-refractivity contribution in [1.29, 1.82) is 0 Å². The Morgan fingerprint density at radius 3 is 2.81 bits per heavy atom. The number of nitro groups is 1. The standard InChI is InChI=1S/C20H20FN3O3/c21-17-5-2-1-4-15(17)13-22-10-3-6-18(22)20(25)23-11-9-14-7-8-16(24(26)27)12-19(14)23/h1-2,4-5,7-8,12,18H,3,6,9-11,13H2. The minimum Gasteiger partial charge on any atom is -0.310 e. The topological polar surface area (TPSA) is 66.7 Å². The quantitative estimate of drug-likeness (QED) is 0.613. The maximum atomic E-state index is 14.0. The lowest BCUT2D eigenvalue weighted by Crippen LogP contribution is -2.45. The summed E-state index contributed by atoms with van der Waals surface area (Å²) in [7, 11) is 0. The van der Waals surface area contributed by atoms with Crippen LogP contribution < -0.4 is 4.90 Å². The predicted octanol–water partition coefficient (Wildman–Crippen LogP) is 3.29. The van der Waals surface area contributed by atoms with Crippen molar-refractivity contribution in [2.45, 2.75) is 31.8 Å². The molecule has 0 radical (unpaired) electrons. The van der Waals surface area contributed by atoms with Crippen LogP contribution in [0, 0.1) is 15.9 Å². The zero-order valence-electron chi connectivity index (χ0n) is 14.8. The van der Waals surface area contributed by atoms with Crippen LogP contribution in [0.15, 0.2) is 42.5 Å². The number of benzene rings is 2. The Morgan fingerprint density at radius 2 is 2.04 bits per heavy atom. The molecule has 7 heteroatoms. The van der Waals surface area contributed by atoms with Gasteiger partial charge in [-0.15, -0.1) is 0 Å². The van der Waals surface area contributed by atoms with Crippen molar-refractivity contribution in [3.05, 3.63) is 69.5 Å². The number of fused-ring (bicyclic) bond motifs is 1. The van der Waals surface area contributed by atoms with E-state index in [1.54, 1.807) is 29.2 Å². The number of hydrogen-bond acceptors (Lipinski definition) is 4. The lowest BCUT2D eigenvalue weighted by atomic mass is 10.1. The van der Waals surface area contributed by atoms with Crippen molar-refractivity contribution in [3.63, 3.8) is 0 Å². The Morgan fingerprint density at radius 1 is 1.22 bits per heavy atom. The maximum Gasteiger partial charge on any atom is 0.271 e. The Bertz CT molecular complexity index is 902. The molecule has 0 N–H and O–H groups in total. The average Bonchev–Trinajstić information content (AvgIpc) is 3.29. The first kappa shape index (κ1) is 17.6. The number of nitrogens with zero attached hydrogens (tertiary/aromatic N) is 3. The molecule has 1 saturated heterocycles. The summed E-state index contributed by atoms with van der Waals surface area (Å²) >= 11 is 0. The monoisotopic (exact) mass is 369 g/mol. The number of nitro benzene ring substituents is 1. The van der Waals surface area contributed by atoms with Crippen molar-refractivity contribution in [2.75, 3.05) is 18.0 Å². The van der Waals surface area contributed by atoms with Crippen molar-refractivity contribution in [3.8, 4) is 0 Å². The van der Waals surface area contributed by atoms with Gasteiger partial charge >= 0.3 is 0 Å². The third kappa shape index (κ3) is 3.30. The third-order valence-corrected chi connectivity index (χ3v) is 5.42. The van der Waals surface area contributed by atoms with E-state index >= 15 is 0 Å². The Kier molecular flexibility index (Phi) is 4.61. The molecule has 1 atom stereocenters. The Labute approximate surface area is 156 Å². The summed E-state index contributed by atoms with van der Waals surface area (Å²) in [5.74, 6) is -0.319. The molecule has 2 aromatic carbocycles. The number of carbonyl (C=O) groups excluding carboxylic acids is 1. The van der Waals surface area contributed by atoms with Gasteiger partial charge < -0.3 is 4.90 Å². The first-order valence-electron chi connectivity index (χ1n) is 9.11. The second kappa shape index (κ2) is 7.08. The SMILES string of the molecule is O=C(C1CCCN1Cc1ccccc1F)N1CCc2ccc([N+](=O)[O-])cc21. The molecule has 27 heavy (non-hydrogen) atoms. The van der Waals surface area contributed by atoms with E-state index in [0.717, 1.165) is 18.5 Å². The van der Waals surface area contributed by atoms with Crippen LogP contribution in [0.2, 0.25) is 0 Å². The van der Waals surface area contributed by atoms with E-state index < -0.39 is 4.92 Å². The molecule has 2 aliphatic rings. The fourth-order valence-corrected chi connectivity index (χ4v) is 4.03. The van der Waals surface area contributed by atoms with Crippen LogP contribution in [0.3, 0.4) is 0 Å². The number of hydrogen-bond donors (Lipinski definition) is 0. The molecular weight excluding hydrogens is 349 g/mol. The molecule has 140 valence electrons. The molecule has 1 unspecified atom stereocenters. The van der Waals surface area contributed by atoms with Gasteiger partial charge in [0, 0.05) is 30.8 Å². The number of anilines is 1. The maximum absolute atomic E-state index is 14.0. The molecule has 0 bridgehead atoms. The molecule has 0 spiro atoms. The molecular formula is C20H20FN3O3. The predicted molar refractivity (Wildman–Crippen MR) is 99.0 cm³/mol. The first-order valence-corrected chi connectivity index (χ1v) is 9.11. The highest BCUT2D eigenvalue weighted by Gasteiger charge is 2.37. The van der Waals surface area contributed by atoms with Crippen LogP contribution >= 0.6 is 0 Å². The minimum atomic E-state index is -0.443. The fourth-order valence-electron chi connectivity index (χ4n) is 4.03. The van der Waals surface area contributed by atoms with Crippen LogP contribution in [0.5, 0.6) is 0 Å².